The lowest BCUT2D eigenvalue weighted by atomic mass is 10.2. The van der Waals surface area contributed by atoms with E-state index in [0.29, 0.717) is 29.4 Å². The maximum Gasteiger partial charge on any atom is 0.226 e. The van der Waals surface area contributed by atoms with Crippen LogP contribution in [0.2, 0.25) is 0 Å². The molecule has 8 heteroatoms. The molecule has 0 spiro atoms. The molecule has 4 rings (SSSR count). The molecule has 0 aliphatic heterocycles. The summed E-state index contributed by atoms with van der Waals surface area (Å²) in [5.41, 5.74) is 2.71. The van der Waals surface area contributed by atoms with Gasteiger partial charge in [-0.05, 0) is 43.7 Å². The van der Waals surface area contributed by atoms with Gasteiger partial charge >= 0.3 is 0 Å². The van der Waals surface area contributed by atoms with Gasteiger partial charge in [0, 0.05) is 24.3 Å². The molecule has 0 fully saturated rings. The molecule has 0 aliphatic carbocycles. The molecule has 32 heavy (non-hydrogen) atoms. The highest BCUT2D eigenvalue weighted by atomic mass is 32.1. The third-order valence-electron chi connectivity index (χ3n) is 4.90. The second-order valence-corrected chi connectivity index (χ2v) is 8.01. The van der Waals surface area contributed by atoms with Gasteiger partial charge in [-0.2, -0.15) is 0 Å². The van der Waals surface area contributed by atoms with Gasteiger partial charge in [0.05, 0.1) is 30.0 Å². The highest BCUT2D eigenvalue weighted by molar-refractivity contribution is 7.13. The van der Waals surface area contributed by atoms with Gasteiger partial charge in [0.25, 0.3) is 0 Å². The number of para-hydroxylation sites is 1. The van der Waals surface area contributed by atoms with E-state index in [-0.39, 0.29) is 24.7 Å². The van der Waals surface area contributed by atoms with Crippen molar-refractivity contribution in [2.24, 2.45) is 0 Å². The first-order valence-corrected chi connectivity index (χ1v) is 11.1. The molecule has 0 atom stereocenters. The van der Waals surface area contributed by atoms with E-state index >= 15 is 0 Å². The Morgan fingerprint density at radius 2 is 2.09 bits per heavy atom. The second-order valence-electron chi connectivity index (χ2n) is 7.16. The minimum absolute atomic E-state index is 0.155. The summed E-state index contributed by atoms with van der Waals surface area (Å²) >= 11 is 1.47. The van der Waals surface area contributed by atoms with Crippen molar-refractivity contribution in [3.8, 4) is 22.0 Å². The van der Waals surface area contributed by atoms with Crippen molar-refractivity contribution in [2.45, 2.75) is 26.8 Å². The normalized spacial score (nSPS) is 10.8. The maximum atomic E-state index is 14.5. The summed E-state index contributed by atoms with van der Waals surface area (Å²) in [4.78, 5) is 21.1. The van der Waals surface area contributed by atoms with Gasteiger partial charge in [0.15, 0.2) is 0 Å². The summed E-state index contributed by atoms with van der Waals surface area (Å²) in [6, 6.07) is 12.6. The number of thiazole rings is 1. The lowest BCUT2D eigenvalue weighted by molar-refractivity contribution is -0.120. The molecule has 164 valence electrons. The van der Waals surface area contributed by atoms with Crippen LogP contribution in [-0.2, 0) is 17.8 Å². The summed E-state index contributed by atoms with van der Waals surface area (Å²) in [6.45, 7) is 4.56. The zero-order valence-corrected chi connectivity index (χ0v) is 18.7. The maximum absolute atomic E-state index is 14.5. The molecule has 2 aromatic heterocycles. The van der Waals surface area contributed by atoms with Gasteiger partial charge in [0.2, 0.25) is 5.91 Å². The first kappa shape index (κ1) is 21.7. The third-order valence-corrected chi connectivity index (χ3v) is 5.82. The molecule has 0 aliphatic rings. The zero-order valence-electron chi connectivity index (χ0n) is 17.8. The monoisotopic (exact) mass is 450 g/mol. The van der Waals surface area contributed by atoms with Crippen molar-refractivity contribution in [2.75, 3.05) is 6.61 Å². The Morgan fingerprint density at radius 3 is 2.84 bits per heavy atom. The first-order chi connectivity index (χ1) is 15.5. The fourth-order valence-electron chi connectivity index (χ4n) is 3.35. The van der Waals surface area contributed by atoms with Crippen LogP contribution in [0.3, 0.4) is 0 Å². The number of nitrogens with zero attached hydrogens (tertiary/aromatic N) is 3. The van der Waals surface area contributed by atoms with Crippen molar-refractivity contribution < 1.29 is 13.9 Å². The predicted octanol–water partition coefficient (Wildman–Crippen LogP) is 4.70. The quantitative estimate of drug-likeness (QED) is 0.422. The lowest BCUT2D eigenvalue weighted by Gasteiger charge is -2.09. The Kier molecular flexibility index (Phi) is 6.61. The van der Waals surface area contributed by atoms with E-state index < -0.39 is 0 Å². The standard InChI is InChI=1S/C24H23FN4O2S/c1-3-31-22-7-5-4-6-19(22)24-28-18(15-32-24)13-23(30)27-14-17-8-9-21(20(25)12-17)29-11-10-26-16(29)2/h4-12,15H,3,13-14H2,1-2H3,(H,27,30). The Hall–Kier alpha value is -3.52. The number of nitrogens with one attached hydrogen (secondary N) is 1. The number of hydrogen-bond donors (Lipinski definition) is 1. The highest BCUT2D eigenvalue weighted by Gasteiger charge is 2.13. The molecule has 0 unspecified atom stereocenters. The minimum Gasteiger partial charge on any atom is -0.493 e. The van der Waals surface area contributed by atoms with Crippen molar-refractivity contribution in [1.29, 1.82) is 0 Å². The molecule has 0 radical (unpaired) electrons. The van der Waals surface area contributed by atoms with Crippen LogP contribution in [0.25, 0.3) is 16.3 Å². The van der Waals surface area contributed by atoms with Crippen LogP contribution in [0.5, 0.6) is 5.75 Å². The number of carbonyl (C=O) groups is 1. The number of imidazole rings is 1. The van der Waals surface area contributed by atoms with Gasteiger partial charge < -0.3 is 14.6 Å². The Balaban J connectivity index is 1.37. The second kappa shape index (κ2) is 9.74. The van der Waals surface area contributed by atoms with Gasteiger partial charge in [-0.15, -0.1) is 11.3 Å². The number of hydrogen-bond acceptors (Lipinski definition) is 5. The molecule has 1 amide bonds. The lowest BCUT2D eigenvalue weighted by Crippen LogP contribution is -2.24. The third kappa shape index (κ3) is 4.86. The first-order valence-electron chi connectivity index (χ1n) is 10.3. The molecule has 4 aromatic rings. The van der Waals surface area contributed by atoms with E-state index in [2.05, 4.69) is 15.3 Å². The molecule has 2 aromatic carbocycles. The summed E-state index contributed by atoms with van der Waals surface area (Å²) in [5.74, 6) is 0.943. The van der Waals surface area contributed by atoms with Crippen LogP contribution in [0.4, 0.5) is 4.39 Å². The Bertz CT molecular complexity index is 1230. The van der Waals surface area contributed by atoms with Crippen molar-refractivity contribution >= 4 is 17.2 Å². The van der Waals surface area contributed by atoms with Crippen LogP contribution in [0.15, 0.2) is 60.2 Å². The number of aromatic nitrogens is 3. The number of benzene rings is 2. The summed E-state index contributed by atoms with van der Waals surface area (Å²) in [7, 11) is 0. The largest absolute Gasteiger partial charge is 0.493 e. The number of carbonyl (C=O) groups excluding carboxylic acids is 1. The molecule has 6 nitrogen and oxygen atoms in total. The summed E-state index contributed by atoms with van der Waals surface area (Å²) in [5, 5.41) is 5.52. The Morgan fingerprint density at radius 1 is 1.25 bits per heavy atom. The van der Waals surface area contributed by atoms with Crippen LogP contribution in [0, 0.1) is 12.7 Å². The zero-order chi connectivity index (χ0) is 22.5. The van der Waals surface area contributed by atoms with Crippen LogP contribution in [-0.4, -0.2) is 27.0 Å². The SMILES string of the molecule is CCOc1ccccc1-c1nc(CC(=O)NCc2ccc(-n3ccnc3C)c(F)c2)cs1. The van der Waals surface area contributed by atoms with E-state index in [1.165, 1.54) is 17.4 Å². The van der Waals surface area contributed by atoms with Crippen molar-refractivity contribution in [1.82, 2.24) is 19.9 Å². The highest BCUT2D eigenvalue weighted by Crippen LogP contribution is 2.32. The molecular formula is C24H23FN4O2S. The number of amides is 1. The van der Waals surface area contributed by atoms with Gasteiger partial charge in [-0.3, -0.25) is 4.79 Å². The molecule has 0 saturated heterocycles. The number of halogens is 1. The van der Waals surface area contributed by atoms with Crippen molar-refractivity contribution in [3.05, 3.63) is 83.1 Å². The fourth-order valence-corrected chi connectivity index (χ4v) is 4.20. The smallest absolute Gasteiger partial charge is 0.226 e. The Labute approximate surface area is 189 Å². The number of aryl methyl sites for hydroxylation is 1. The van der Waals surface area contributed by atoms with E-state index in [0.717, 1.165) is 16.3 Å². The topological polar surface area (TPSA) is 69.0 Å². The van der Waals surface area contributed by atoms with E-state index in [1.54, 1.807) is 29.1 Å². The average Bonchev–Trinajstić information content (AvgIpc) is 3.42. The van der Waals surface area contributed by atoms with Crippen LogP contribution < -0.4 is 10.1 Å². The molecule has 0 saturated carbocycles. The molecule has 2 heterocycles. The van der Waals surface area contributed by atoms with E-state index in [4.69, 9.17) is 4.74 Å². The van der Waals surface area contributed by atoms with Crippen LogP contribution in [0.1, 0.15) is 24.0 Å². The number of ether oxygens (including phenoxy) is 1. The molecule has 0 bridgehead atoms. The van der Waals surface area contributed by atoms with E-state index in [9.17, 15) is 9.18 Å². The van der Waals surface area contributed by atoms with Gasteiger partial charge in [-0.25, -0.2) is 14.4 Å². The molecular weight excluding hydrogens is 427 g/mol. The van der Waals surface area contributed by atoms with E-state index in [1.807, 2.05) is 43.5 Å². The number of rotatable bonds is 8. The van der Waals surface area contributed by atoms with Crippen LogP contribution >= 0.6 is 11.3 Å². The fraction of sp³-hybridized carbons (Fsp3) is 0.208. The van der Waals surface area contributed by atoms with Gasteiger partial charge in [0.1, 0.15) is 22.4 Å². The van der Waals surface area contributed by atoms with Crippen molar-refractivity contribution in [3.63, 3.8) is 0 Å². The summed E-state index contributed by atoms with van der Waals surface area (Å²) in [6.07, 6.45) is 3.49. The average molecular weight is 451 g/mol. The predicted molar refractivity (Wildman–Crippen MR) is 123 cm³/mol. The summed E-state index contributed by atoms with van der Waals surface area (Å²) < 4.78 is 21.9. The molecule has 1 N–H and O–H groups in total. The minimum atomic E-state index is -0.366. The van der Waals surface area contributed by atoms with Gasteiger partial charge in [-0.1, -0.05) is 18.2 Å².